The number of halogens is 1. The highest BCUT2D eigenvalue weighted by Gasteiger charge is 2.94. The lowest BCUT2D eigenvalue weighted by atomic mass is 9.94. The summed E-state index contributed by atoms with van der Waals surface area (Å²) in [7, 11) is 0. The van der Waals surface area contributed by atoms with Crippen molar-refractivity contribution in [2.45, 2.75) is 24.9 Å². The zero-order valence-corrected chi connectivity index (χ0v) is 13.0. The lowest BCUT2D eigenvalue weighted by Gasteiger charge is -2.26. The van der Waals surface area contributed by atoms with Gasteiger partial charge in [-0.05, 0) is 18.6 Å². The number of rotatable bonds is 1. The van der Waals surface area contributed by atoms with Crippen LogP contribution in [-0.2, 0) is 9.47 Å². The molecule has 2 aliphatic heterocycles. The quantitative estimate of drug-likeness (QED) is 0.848. The van der Waals surface area contributed by atoms with Crippen molar-refractivity contribution in [2.24, 2.45) is 21.6 Å². The molecule has 0 amide bonds. The number of hydrogen-bond donors (Lipinski definition) is 1. The van der Waals surface area contributed by atoms with E-state index in [1.54, 1.807) is 18.2 Å². The Bertz CT molecular complexity index is 828. The Morgan fingerprint density at radius 1 is 1.35 bits per heavy atom. The summed E-state index contributed by atoms with van der Waals surface area (Å²) in [6, 6.07) is 11.6. The van der Waals surface area contributed by atoms with Gasteiger partial charge in [0.25, 0.3) is 5.91 Å². The molecule has 116 valence electrons. The van der Waals surface area contributed by atoms with Gasteiger partial charge in [0.05, 0.1) is 24.8 Å². The Balaban J connectivity index is 1.95. The molecule has 3 aliphatic rings. The number of nitriles is 2. The molecule has 5 atom stereocenters. The molecule has 4 rings (SSSR count). The maximum absolute atomic E-state index is 9.98. The van der Waals surface area contributed by atoms with E-state index in [0.29, 0.717) is 10.6 Å². The van der Waals surface area contributed by atoms with Crippen molar-refractivity contribution in [3.8, 4) is 12.1 Å². The van der Waals surface area contributed by atoms with Crippen LogP contribution in [0.2, 0.25) is 5.02 Å². The zero-order chi connectivity index (χ0) is 16.5. The highest BCUT2D eigenvalue weighted by atomic mass is 35.5. The van der Waals surface area contributed by atoms with Crippen LogP contribution in [0.5, 0.6) is 0 Å². The number of ether oxygens (including phenoxy) is 2. The zero-order valence-electron chi connectivity index (χ0n) is 12.3. The predicted octanol–water partition coefficient (Wildman–Crippen LogP) is 1.92. The van der Waals surface area contributed by atoms with E-state index in [0.717, 1.165) is 0 Å². The SMILES string of the molecule is C[C@@H]1CO[C@@]2(N=C(N)[C@@]3(C#N)[C@@H](c4ccccc4Cl)[C@@]23C#N)O1. The summed E-state index contributed by atoms with van der Waals surface area (Å²) in [6.45, 7) is 2.11. The summed E-state index contributed by atoms with van der Waals surface area (Å²) >= 11 is 6.30. The minimum Gasteiger partial charge on any atom is -0.386 e. The number of amidine groups is 1. The van der Waals surface area contributed by atoms with Crippen molar-refractivity contribution in [1.82, 2.24) is 0 Å². The van der Waals surface area contributed by atoms with Crippen LogP contribution < -0.4 is 5.73 Å². The van der Waals surface area contributed by atoms with Gasteiger partial charge in [0, 0.05) is 10.9 Å². The van der Waals surface area contributed by atoms with Crippen LogP contribution in [0.1, 0.15) is 18.4 Å². The van der Waals surface area contributed by atoms with E-state index in [4.69, 9.17) is 26.8 Å². The van der Waals surface area contributed by atoms with Gasteiger partial charge >= 0.3 is 0 Å². The normalized spacial score (nSPS) is 43.6. The predicted molar refractivity (Wildman–Crippen MR) is 81.1 cm³/mol. The first-order valence-electron chi connectivity index (χ1n) is 7.23. The van der Waals surface area contributed by atoms with Gasteiger partial charge in [0.2, 0.25) is 0 Å². The van der Waals surface area contributed by atoms with Crippen LogP contribution >= 0.6 is 11.6 Å². The molecule has 1 saturated heterocycles. The Morgan fingerprint density at radius 2 is 2.09 bits per heavy atom. The third kappa shape index (κ3) is 1.34. The second kappa shape index (κ2) is 4.24. The number of fused-ring (bicyclic) bond motifs is 2. The number of aliphatic imine (C=N–C) groups is 1. The monoisotopic (exact) mass is 328 g/mol. The van der Waals surface area contributed by atoms with E-state index in [1.165, 1.54) is 0 Å². The molecule has 7 heteroatoms. The summed E-state index contributed by atoms with van der Waals surface area (Å²) in [5, 5.41) is 20.3. The minimum atomic E-state index is -1.54. The van der Waals surface area contributed by atoms with E-state index < -0.39 is 22.7 Å². The van der Waals surface area contributed by atoms with E-state index in [-0.39, 0.29) is 18.5 Å². The molecule has 2 fully saturated rings. The first-order valence-corrected chi connectivity index (χ1v) is 7.61. The van der Waals surface area contributed by atoms with Crippen molar-refractivity contribution >= 4 is 17.4 Å². The summed E-state index contributed by atoms with van der Waals surface area (Å²) in [5.74, 6) is -2.01. The molecule has 6 nitrogen and oxygen atoms in total. The molecule has 1 aromatic carbocycles. The summed E-state index contributed by atoms with van der Waals surface area (Å²) in [6.07, 6.45) is -0.237. The molecule has 1 saturated carbocycles. The first kappa shape index (κ1) is 14.5. The van der Waals surface area contributed by atoms with Crippen molar-refractivity contribution in [1.29, 1.82) is 10.5 Å². The van der Waals surface area contributed by atoms with Gasteiger partial charge in [-0.3, -0.25) is 0 Å². The fraction of sp³-hybridized carbons (Fsp3) is 0.438. The second-order valence-corrected chi connectivity index (χ2v) is 6.52. The Morgan fingerprint density at radius 3 is 2.65 bits per heavy atom. The summed E-state index contributed by atoms with van der Waals surface area (Å²) in [5.41, 5.74) is 4.15. The number of hydrogen-bond acceptors (Lipinski definition) is 6. The molecule has 23 heavy (non-hydrogen) atoms. The molecule has 0 radical (unpaired) electrons. The van der Waals surface area contributed by atoms with Gasteiger partial charge in [0.1, 0.15) is 11.3 Å². The van der Waals surface area contributed by atoms with Gasteiger partial charge in [-0.2, -0.15) is 10.5 Å². The lowest BCUT2D eigenvalue weighted by Crippen LogP contribution is -2.39. The fourth-order valence-electron chi connectivity index (χ4n) is 4.04. The number of nitrogens with two attached hydrogens (primary N) is 1. The van der Waals surface area contributed by atoms with Crippen LogP contribution in [-0.4, -0.2) is 24.5 Å². The van der Waals surface area contributed by atoms with Crippen molar-refractivity contribution < 1.29 is 9.47 Å². The van der Waals surface area contributed by atoms with Gasteiger partial charge in [-0.25, -0.2) is 4.99 Å². The molecular formula is C16H13ClN4O2. The van der Waals surface area contributed by atoms with Gasteiger partial charge in [-0.15, -0.1) is 0 Å². The number of benzene rings is 1. The molecule has 1 aromatic rings. The molecule has 1 aliphatic carbocycles. The molecule has 0 bridgehead atoms. The molecule has 0 aromatic heterocycles. The van der Waals surface area contributed by atoms with Gasteiger partial charge in [0.15, 0.2) is 5.41 Å². The molecule has 2 heterocycles. The van der Waals surface area contributed by atoms with Crippen LogP contribution in [0.15, 0.2) is 29.3 Å². The number of nitrogens with zero attached hydrogens (tertiary/aromatic N) is 3. The Kier molecular flexibility index (Phi) is 2.67. The lowest BCUT2D eigenvalue weighted by molar-refractivity contribution is -0.193. The first-order chi connectivity index (χ1) is 11.0. The molecule has 1 spiro atoms. The maximum Gasteiger partial charge on any atom is 0.293 e. The smallest absolute Gasteiger partial charge is 0.293 e. The molecular weight excluding hydrogens is 316 g/mol. The second-order valence-electron chi connectivity index (χ2n) is 6.11. The fourth-order valence-corrected chi connectivity index (χ4v) is 4.28. The average molecular weight is 329 g/mol. The third-order valence-electron chi connectivity index (χ3n) is 5.02. The van der Waals surface area contributed by atoms with Crippen LogP contribution in [0.4, 0.5) is 0 Å². The topological polar surface area (TPSA) is 104 Å². The summed E-state index contributed by atoms with van der Waals surface area (Å²) in [4.78, 5) is 4.25. The van der Waals surface area contributed by atoms with Crippen molar-refractivity contribution in [2.75, 3.05) is 6.61 Å². The largest absolute Gasteiger partial charge is 0.386 e. The van der Waals surface area contributed by atoms with Gasteiger partial charge in [-0.1, -0.05) is 29.8 Å². The Labute approximate surface area is 138 Å². The van der Waals surface area contributed by atoms with Crippen LogP contribution in [0, 0.1) is 33.5 Å². The van der Waals surface area contributed by atoms with E-state index in [2.05, 4.69) is 17.1 Å². The highest BCUT2D eigenvalue weighted by molar-refractivity contribution is 6.31. The van der Waals surface area contributed by atoms with Crippen molar-refractivity contribution in [3.05, 3.63) is 34.9 Å². The molecule has 2 N–H and O–H groups in total. The highest BCUT2D eigenvalue weighted by Crippen LogP contribution is 2.82. The average Bonchev–Trinajstić information content (AvgIpc) is 2.91. The van der Waals surface area contributed by atoms with E-state index in [9.17, 15) is 10.5 Å². The standard InChI is InChI=1S/C16H13ClN4O2/c1-9-6-22-16(23-9)15(8-19)12(10-4-2-3-5-11(10)17)14(15,7-18)13(20)21-16/h2-5,9,12H,6H2,1H3,(H2,20,21)/t9-,12-,14-,15-,16-/m1/s1. The van der Waals surface area contributed by atoms with Gasteiger partial charge < -0.3 is 15.2 Å². The van der Waals surface area contributed by atoms with Crippen molar-refractivity contribution in [3.63, 3.8) is 0 Å². The van der Waals surface area contributed by atoms with Crippen LogP contribution in [0.3, 0.4) is 0 Å². The van der Waals surface area contributed by atoms with E-state index in [1.807, 2.05) is 13.0 Å². The maximum atomic E-state index is 9.98. The molecule has 0 unspecified atom stereocenters. The third-order valence-corrected chi connectivity index (χ3v) is 5.36. The van der Waals surface area contributed by atoms with E-state index >= 15 is 0 Å². The minimum absolute atomic E-state index is 0.0700. The summed E-state index contributed by atoms with van der Waals surface area (Å²) < 4.78 is 11.6. The van der Waals surface area contributed by atoms with Crippen LogP contribution in [0.25, 0.3) is 0 Å². The Hall–Kier alpha value is -2.12.